The van der Waals surface area contributed by atoms with E-state index in [1.165, 1.54) is 25.7 Å². The highest BCUT2D eigenvalue weighted by Crippen LogP contribution is 2.62. The van der Waals surface area contributed by atoms with Crippen LogP contribution in [-0.2, 0) is 6.54 Å². The van der Waals surface area contributed by atoms with E-state index in [1.807, 2.05) is 4.68 Å². The molecule has 19 heavy (non-hydrogen) atoms. The first-order chi connectivity index (χ1) is 9.18. The quantitative estimate of drug-likeness (QED) is 0.912. The van der Waals surface area contributed by atoms with Gasteiger partial charge in [-0.2, -0.15) is 0 Å². The van der Waals surface area contributed by atoms with Gasteiger partial charge in [0.1, 0.15) is 5.52 Å². The van der Waals surface area contributed by atoms with Gasteiger partial charge in [-0.1, -0.05) is 5.21 Å². The lowest BCUT2D eigenvalue weighted by Gasteiger charge is -2.13. The average Bonchev–Trinajstić information content (AvgIpc) is 3.28. The summed E-state index contributed by atoms with van der Waals surface area (Å²) in [6.45, 7) is 0.886. The molecule has 5 nitrogen and oxygen atoms in total. The van der Waals surface area contributed by atoms with Gasteiger partial charge < -0.3 is 5.11 Å². The van der Waals surface area contributed by atoms with E-state index in [0.29, 0.717) is 11.0 Å². The predicted molar refractivity (Wildman–Crippen MR) is 68.9 cm³/mol. The zero-order chi connectivity index (χ0) is 13.0. The number of aromatic carboxylic acids is 1. The molecule has 2 fully saturated rings. The first-order valence-electron chi connectivity index (χ1n) is 6.75. The lowest BCUT2D eigenvalue weighted by molar-refractivity contribution is 0.0697. The van der Waals surface area contributed by atoms with Gasteiger partial charge in [0.25, 0.3) is 0 Å². The van der Waals surface area contributed by atoms with Gasteiger partial charge in [-0.25, -0.2) is 9.48 Å². The van der Waals surface area contributed by atoms with Gasteiger partial charge in [-0.05, 0) is 55.2 Å². The third-order valence-corrected chi connectivity index (χ3v) is 4.56. The van der Waals surface area contributed by atoms with Gasteiger partial charge in [-0.3, -0.25) is 0 Å². The van der Waals surface area contributed by atoms with Crippen LogP contribution in [0.2, 0.25) is 0 Å². The van der Waals surface area contributed by atoms with E-state index in [0.717, 1.165) is 23.5 Å². The second-order valence-corrected chi connectivity index (χ2v) is 5.89. The second kappa shape index (κ2) is 3.56. The lowest BCUT2D eigenvalue weighted by Crippen LogP contribution is -2.15. The topological polar surface area (TPSA) is 68.0 Å². The van der Waals surface area contributed by atoms with Crippen molar-refractivity contribution >= 4 is 17.0 Å². The highest BCUT2D eigenvalue weighted by atomic mass is 16.4. The van der Waals surface area contributed by atoms with Crippen molar-refractivity contribution in [3.63, 3.8) is 0 Å². The van der Waals surface area contributed by atoms with Gasteiger partial charge in [0.2, 0.25) is 0 Å². The summed E-state index contributed by atoms with van der Waals surface area (Å²) >= 11 is 0. The smallest absolute Gasteiger partial charge is 0.335 e. The first kappa shape index (κ1) is 11.0. The number of rotatable bonds is 4. The number of carboxylic acids is 1. The van der Waals surface area contributed by atoms with E-state index in [2.05, 4.69) is 10.3 Å². The Hall–Kier alpha value is -1.91. The summed E-state index contributed by atoms with van der Waals surface area (Å²) in [6, 6.07) is 5.00. The van der Waals surface area contributed by atoms with E-state index >= 15 is 0 Å². The molecule has 0 aliphatic heterocycles. The Balaban J connectivity index is 1.73. The molecule has 2 aromatic rings. The van der Waals surface area contributed by atoms with Crippen molar-refractivity contribution in [3.8, 4) is 0 Å². The van der Waals surface area contributed by atoms with E-state index in [-0.39, 0.29) is 0 Å². The average molecular weight is 257 g/mol. The minimum Gasteiger partial charge on any atom is -0.478 e. The van der Waals surface area contributed by atoms with Crippen molar-refractivity contribution in [1.29, 1.82) is 0 Å². The standard InChI is InChI=1S/C14H15N3O2/c18-13(19)9-1-4-11-12(7-9)17(16-15-11)8-14(5-6-14)10-2-3-10/h1,4,7,10H,2-3,5-6,8H2,(H,18,19). The van der Waals surface area contributed by atoms with Gasteiger partial charge >= 0.3 is 5.97 Å². The van der Waals surface area contributed by atoms with Gasteiger partial charge in [-0.15, -0.1) is 5.10 Å². The van der Waals surface area contributed by atoms with Crippen LogP contribution in [0.4, 0.5) is 0 Å². The van der Waals surface area contributed by atoms with Crippen LogP contribution < -0.4 is 0 Å². The predicted octanol–water partition coefficient (Wildman–Crippen LogP) is 2.32. The Morgan fingerprint density at radius 1 is 1.42 bits per heavy atom. The van der Waals surface area contributed by atoms with Crippen molar-refractivity contribution in [3.05, 3.63) is 23.8 Å². The summed E-state index contributed by atoms with van der Waals surface area (Å²) in [7, 11) is 0. The number of fused-ring (bicyclic) bond motifs is 1. The third-order valence-electron chi connectivity index (χ3n) is 4.56. The van der Waals surface area contributed by atoms with Crippen molar-refractivity contribution in [2.24, 2.45) is 11.3 Å². The Kier molecular flexibility index (Phi) is 2.05. The molecule has 4 rings (SSSR count). The van der Waals surface area contributed by atoms with Crippen LogP contribution in [0.25, 0.3) is 11.0 Å². The zero-order valence-electron chi connectivity index (χ0n) is 10.5. The Bertz CT molecular complexity index is 668. The van der Waals surface area contributed by atoms with Crippen LogP contribution in [0.5, 0.6) is 0 Å². The molecule has 0 radical (unpaired) electrons. The molecule has 0 spiro atoms. The van der Waals surface area contributed by atoms with Gasteiger partial charge in [0.15, 0.2) is 0 Å². The Labute approximate surface area is 110 Å². The Morgan fingerprint density at radius 3 is 2.84 bits per heavy atom. The molecule has 1 aromatic heterocycles. The summed E-state index contributed by atoms with van der Waals surface area (Å²) in [5.41, 5.74) is 2.34. The molecule has 0 amide bonds. The van der Waals surface area contributed by atoms with Gasteiger partial charge in [0, 0.05) is 6.54 Å². The zero-order valence-corrected chi connectivity index (χ0v) is 10.5. The van der Waals surface area contributed by atoms with E-state index in [1.54, 1.807) is 18.2 Å². The number of carbonyl (C=O) groups is 1. The molecule has 2 aliphatic rings. The van der Waals surface area contributed by atoms with E-state index in [4.69, 9.17) is 5.11 Å². The molecule has 5 heteroatoms. The van der Waals surface area contributed by atoms with Crippen LogP contribution in [0.3, 0.4) is 0 Å². The maximum absolute atomic E-state index is 11.0. The van der Waals surface area contributed by atoms with Gasteiger partial charge in [0.05, 0.1) is 11.1 Å². The van der Waals surface area contributed by atoms with Crippen molar-refractivity contribution in [2.45, 2.75) is 32.2 Å². The molecule has 0 saturated heterocycles. The molecule has 0 bridgehead atoms. The number of aromatic nitrogens is 3. The summed E-state index contributed by atoms with van der Waals surface area (Å²) in [5, 5.41) is 17.4. The van der Waals surface area contributed by atoms with Crippen LogP contribution in [-0.4, -0.2) is 26.1 Å². The number of hydrogen-bond acceptors (Lipinski definition) is 3. The minimum atomic E-state index is -0.905. The fourth-order valence-electron chi connectivity index (χ4n) is 3.06. The van der Waals surface area contributed by atoms with E-state index < -0.39 is 5.97 Å². The molecule has 98 valence electrons. The maximum atomic E-state index is 11.0. The SMILES string of the molecule is O=C(O)c1ccc2nnn(CC3(C4CC4)CC3)c2c1. The highest BCUT2D eigenvalue weighted by molar-refractivity contribution is 5.92. The summed E-state index contributed by atoms with van der Waals surface area (Å²) < 4.78 is 1.90. The fourth-order valence-corrected chi connectivity index (χ4v) is 3.06. The number of benzene rings is 1. The number of carboxylic acid groups (broad SMARTS) is 1. The molecule has 1 heterocycles. The molecule has 0 atom stereocenters. The molecular formula is C14H15N3O2. The monoisotopic (exact) mass is 257 g/mol. The number of hydrogen-bond donors (Lipinski definition) is 1. The first-order valence-corrected chi connectivity index (χ1v) is 6.75. The fraction of sp³-hybridized carbons (Fsp3) is 0.500. The van der Waals surface area contributed by atoms with Crippen LogP contribution in [0.15, 0.2) is 18.2 Å². The Morgan fingerprint density at radius 2 is 2.21 bits per heavy atom. The summed E-state index contributed by atoms with van der Waals surface area (Å²) in [6.07, 6.45) is 5.23. The summed E-state index contributed by atoms with van der Waals surface area (Å²) in [5.74, 6) is -0.0487. The normalized spacial score (nSPS) is 20.6. The van der Waals surface area contributed by atoms with Crippen LogP contribution in [0, 0.1) is 11.3 Å². The minimum absolute atomic E-state index is 0.298. The van der Waals surface area contributed by atoms with Crippen molar-refractivity contribution < 1.29 is 9.90 Å². The van der Waals surface area contributed by atoms with Crippen LogP contribution in [0.1, 0.15) is 36.0 Å². The lowest BCUT2D eigenvalue weighted by atomic mass is 10.0. The van der Waals surface area contributed by atoms with Crippen LogP contribution >= 0.6 is 0 Å². The second-order valence-electron chi connectivity index (χ2n) is 5.89. The summed E-state index contributed by atoms with van der Waals surface area (Å²) in [4.78, 5) is 11.0. The highest BCUT2D eigenvalue weighted by Gasteiger charge is 2.54. The molecular weight excluding hydrogens is 242 g/mol. The molecule has 2 aliphatic carbocycles. The largest absolute Gasteiger partial charge is 0.478 e. The van der Waals surface area contributed by atoms with E-state index in [9.17, 15) is 4.79 Å². The van der Waals surface area contributed by atoms with Crippen molar-refractivity contribution in [2.75, 3.05) is 0 Å². The van der Waals surface area contributed by atoms with Crippen molar-refractivity contribution in [1.82, 2.24) is 15.0 Å². The molecule has 1 aromatic carbocycles. The number of nitrogens with zero attached hydrogens (tertiary/aromatic N) is 3. The molecule has 1 N–H and O–H groups in total. The molecule has 0 unspecified atom stereocenters. The molecule has 2 saturated carbocycles. The third kappa shape index (κ3) is 1.72. The maximum Gasteiger partial charge on any atom is 0.335 e.